The van der Waals surface area contributed by atoms with Crippen molar-refractivity contribution in [2.45, 2.75) is 12.4 Å². The highest BCUT2D eigenvalue weighted by molar-refractivity contribution is 6.03. The van der Waals surface area contributed by atoms with Gasteiger partial charge in [-0.2, -0.15) is 26.3 Å². The Labute approximate surface area is 154 Å². The molecule has 0 atom stereocenters. The molecule has 0 spiro atoms. The third-order valence-corrected chi connectivity index (χ3v) is 4.32. The molecule has 0 aliphatic rings. The summed E-state index contributed by atoms with van der Waals surface area (Å²) in [6.45, 7) is 0. The number of rotatable bonds is 1. The number of halogens is 6. The minimum Gasteiger partial charge on any atom is -0.254 e. The van der Waals surface area contributed by atoms with Gasteiger partial charge in [-0.15, -0.1) is 0 Å². The first-order valence-electron chi connectivity index (χ1n) is 8.07. The predicted octanol–water partition coefficient (Wildman–Crippen LogP) is 6.49. The Kier molecular flexibility index (Phi) is 4.02. The fourth-order valence-electron chi connectivity index (χ4n) is 2.99. The van der Waals surface area contributed by atoms with Gasteiger partial charge in [0.05, 0.1) is 27.9 Å². The first kappa shape index (κ1) is 18.2. The second-order valence-electron chi connectivity index (χ2n) is 6.20. The molecule has 0 aliphatic heterocycles. The fourth-order valence-corrected chi connectivity index (χ4v) is 2.99. The number of nitrogens with zero attached hydrogens (tertiary/aromatic N) is 2. The average molecular weight is 392 g/mol. The van der Waals surface area contributed by atoms with Crippen molar-refractivity contribution < 1.29 is 26.3 Å². The van der Waals surface area contributed by atoms with Crippen LogP contribution in [0.5, 0.6) is 0 Å². The molecule has 0 amide bonds. The van der Waals surface area contributed by atoms with Crippen molar-refractivity contribution in [2.24, 2.45) is 0 Å². The van der Waals surface area contributed by atoms with Crippen LogP contribution in [0, 0.1) is 0 Å². The van der Waals surface area contributed by atoms with E-state index in [1.807, 2.05) is 6.07 Å². The SMILES string of the molecule is FC(F)(F)c1cc(-c2ccc3ccc4cccnc4c3n2)cc(C(F)(F)F)c1. The van der Waals surface area contributed by atoms with E-state index in [0.29, 0.717) is 28.6 Å². The van der Waals surface area contributed by atoms with Gasteiger partial charge in [0.2, 0.25) is 0 Å². The molecule has 0 N–H and O–H groups in total. The van der Waals surface area contributed by atoms with Crippen molar-refractivity contribution >= 4 is 21.8 Å². The summed E-state index contributed by atoms with van der Waals surface area (Å²) in [6.07, 6.45) is -8.29. The summed E-state index contributed by atoms with van der Waals surface area (Å²) in [5, 5.41) is 1.44. The second kappa shape index (κ2) is 6.19. The maximum absolute atomic E-state index is 13.1. The van der Waals surface area contributed by atoms with E-state index in [4.69, 9.17) is 0 Å². The van der Waals surface area contributed by atoms with Crippen LogP contribution in [-0.4, -0.2) is 9.97 Å². The van der Waals surface area contributed by atoms with Gasteiger partial charge >= 0.3 is 12.4 Å². The molecule has 0 aliphatic carbocycles. The maximum atomic E-state index is 13.1. The van der Waals surface area contributed by atoms with Gasteiger partial charge in [0.15, 0.2) is 0 Å². The molecule has 2 nitrogen and oxygen atoms in total. The monoisotopic (exact) mass is 392 g/mol. The van der Waals surface area contributed by atoms with E-state index in [2.05, 4.69) is 9.97 Å². The minimum atomic E-state index is -4.92. The van der Waals surface area contributed by atoms with Crippen LogP contribution in [0.3, 0.4) is 0 Å². The molecule has 28 heavy (non-hydrogen) atoms. The molecular weight excluding hydrogens is 382 g/mol. The highest BCUT2D eigenvalue weighted by atomic mass is 19.4. The van der Waals surface area contributed by atoms with Crippen LogP contribution in [0.4, 0.5) is 26.3 Å². The molecule has 142 valence electrons. The van der Waals surface area contributed by atoms with Crippen LogP contribution in [0.15, 0.2) is 60.8 Å². The van der Waals surface area contributed by atoms with Crippen LogP contribution >= 0.6 is 0 Å². The molecule has 2 aromatic carbocycles. The largest absolute Gasteiger partial charge is 0.416 e. The lowest BCUT2D eigenvalue weighted by molar-refractivity contribution is -0.143. The number of fused-ring (bicyclic) bond motifs is 3. The molecule has 0 unspecified atom stereocenters. The summed E-state index contributed by atoms with van der Waals surface area (Å²) < 4.78 is 78.7. The van der Waals surface area contributed by atoms with E-state index in [1.54, 1.807) is 30.5 Å². The van der Waals surface area contributed by atoms with Gasteiger partial charge in [-0.3, -0.25) is 4.98 Å². The lowest BCUT2D eigenvalue weighted by Gasteiger charge is -2.14. The zero-order valence-electron chi connectivity index (χ0n) is 13.9. The van der Waals surface area contributed by atoms with Crippen molar-refractivity contribution in [1.29, 1.82) is 0 Å². The number of benzene rings is 2. The molecule has 2 aromatic heterocycles. The Balaban J connectivity index is 1.98. The summed E-state index contributed by atoms with van der Waals surface area (Å²) in [5.74, 6) is 0. The normalized spacial score (nSPS) is 12.6. The number of hydrogen-bond acceptors (Lipinski definition) is 2. The van der Waals surface area contributed by atoms with Crippen molar-refractivity contribution in [3.63, 3.8) is 0 Å². The standard InChI is InChI=1S/C20H10F6N2/c21-19(22,23)14-8-13(9-15(10-14)20(24,25)26)16-6-5-12-4-3-11-2-1-7-27-17(11)18(12)28-16/h1-10H. The van der Waals surface area contributed by atoms with Gasteiger partial charge in [0, 0.05) is 22.5 Å². The Morgan fingerprint density at radius 2 is 1.21 bits per heavy atom. The summed E-state index contributed by atoms with van der Waals surface area (Å²) in [7, 11) is 0. The van der Waals surface area contributed by atoms with Crippen LogP contribution in [0.1, 0.15) is 11.1 Å². The first-order valence-corrected chi connectivity index (χ1v) is 8.07. The van der Waals surface area contributed by atoms with Gasteiger partial charge < -0.3 is 0 Å². The van der Waals surface area contributed by atoms with Gasteiger partial charge in [0.1, 0.15) is 0 Å². The number of alkyl halides is 6. The van der Waals surface area contributed by atoms with Gasteiger partial charge in [-0.1, -0.05) is 24.3 Å². The van der Waals surface area contributed by atoms with E-state index in [9.17, 15) is 26.3 Å². The Morgan fingerprint density at radius 3 is 1.82 bits per heavy atom. The van der Waals surface area contributed by atoms with Crippen molar-refractivity contribution in [1.82, 2.24) is 9.97 Å². The van der Waals surface area contributed by atoms with Crippen LogP contribution in [-0.2, 0) is 12.4 Å². The summed E-state index contributed by atoms with van der Waals surface area (Å²) in [4.78, 5) is 8.56. The topological polar surface area (TPSA) is 25.8 Å². The third kappa shape index (κ3) is 3.26. The van der Waals surface area contributed by atoms with E-state index < -0.39 is 23.5 Å². The highest BCUT2D eigenvalue weighted by Crippen LogP contribution is 2.38. The van der Waals surface area contributed by atoms with Crippen LogP contribution < -0.4 is 0 Å². The average Bonchev–Trinajstić information content (AvgIpc) is 2.65. The first-order chi connectivity index (χ1) is 13.1. The van der Waals surface area contributed by atoms with Crippen LogP contribution in [0.25, 0.3) is 33.1 Å². The lowest BCUT2D eigenvalue weighted by Crippen LogP contribution is -2.11. The highest BCUT2D eigenvalue weighted by Gasteiger charge is 2.37. The Morgan fingerprint density at radius 1 is 0.643 bits per heavy atom. The van der Waals surface area contributed by atoms with Crippen molar-refractivity contribution in [3.05, 3.63) is 71.9 Å². The van der Waals surface area contributed by atoms with Gasteiger partial charge in [0.25, 0.3) is 0 Å². The molecule has 0 saturated heterocycles. The van der Waals surface area contributed by atoms with Gasteiger partial charge in [-0.05, 0) is 30.3 Å². The van der Waals surface area contributed by atoms with Crippen LogP contribution in [0.2, 0.25) is 0 Å². The summed E-state index contributed by atoms with van der Waals surface area (Å²) >= 11 is 0. The Hall–Kier alpha value is -3.16. The molecule has 0 bridgehead atoms. The minimum absolute atomic E-state index is 0.00209. The number of aromatic nitrogens is 2. The molecular formula is C20H10F6N2. The predicted molar refractivity (Wildman–Crippen MR) is 92.5 cm³/mol. The van der Waals surface area contributed by atoms with Crippen molar-refractivity contribution in [2.75, 3.05) is 0 Å². The number of pyridine rings is 2. The summed E-state index contributed by atoms with van der Waals surface area (Å²) in [6, 6.07) is 11.5. The zero-order chi connectivity index (χ0) is 20.1. The van der Waals surface area contributed by atoms with E-state index in [-0.39, 0.29) is 17.3 Å². The van der Waals surface area contributed by atoms with E-state index >= 15 is 0 Å². The smallest absolute Gasteiger partial charge is 0.254 e. The lowest BCUT2D eigenvalue weighted by atomic mass is 10.0. The summed E-state index contributed by atoms with van der Waals surface area (Å²) in [5.41, 5.74) is -2.10. The molecule has 0 saturated carbocycles. The van der Waals surface area contributed by atoms with Crippen molar-refractivity contribution in [3.8, 4) is 11.3 Å². The van der Waals surface area contributed by atoms with E-state index in [0.717, 1.165) is 5.39 Å². The molecule has 4 rings (SSSR count). The quantitative estimate of drug-likeness (QED) is 0.273. The maximum Gasteiger partial charge on any atom is 0.416 e. The van der Waals surface area contributed by atoms with E-state index in [1.165, 1.54) is 6.07 Å². The Bertz CT molecular complexity index is 1160. The fraction of sp³-hybridized carbons (Fsp3) is 0.100. The third-order valence-electron chi connectivity index (χ3n) is 4.32. The molecule has 0 fully saturated rings. The molecule has 4 aromatic rings. The second-order valence-corrected chi connectivity index (χ2v) is 6.20. The molecule has 2 heterocycles. The zero-order valence-corrected chi connectivity index (χ0v) is 13.9. The van der Waals surface area contributed by atoms with Gasteiger partial charge in [-0.25, -0.2) is 4.98 Å². The molecule has 0 radical (unpaired) electrons. The number of hydrogen-bond donors (Lipinski definition) is 0. The molecule has 8 heteroatoms.